The Morgan fingerprint density at radius 1 is 1.14 bits per heavy atom. The fourth-order valence-electron chi connectivity index (χ4n) is 2.56. The normalized spacial score (nSPS) is 19.1. The van der Waals surface area contributed by atoms with E-state index in [-0.39, 0.29) is 17.9 Å². The number of imide groups is 1. The van der Waals surface area contributed by atoms with E-state index in [4.69, 9.17) is 0 Å². The van der Waals surface area contributed by atoms with E-state index < -0.39 is 0 Å². The van der Waals surface area contributed by atoms with Gasteiger partial charge in [-0.1, -0.05) is 39.8 Å². The highest BCUT2D eigenvalue weighted by atomic mass is 16.2. The number of carbonyl (C=O) groups is 2. The van der Waals surface area contributed by atoms with Crippen molar-refractivity contribution in [1.82, 2.24) is 0 Å². The molecule has 0 bridgehead atoms. The van der Waals surface area contributed by atoms with Gasteiger partial charge in [-0.15, -0.1) is 0 Å². The summed E-state index contributed by atoms with van der Waals surface area (Å²) in [4.78, 5) is 25.9. The number of hydrogen-bond donors (Lipinski definition) is 1. The Kier molecular flexibility index (Phi) is 4.78. The second-order valence-electron chi connectivity index (χ2n) is 6.49. The fourth-order valence-corrected chi connectivity index (χ4v) is 2.56. The van der Waals surface area contributed by atoms with Crippen molar-refractivity contribution in [3.63, 3.8) is 0 Å². The summed E-state index contributed by atoms with van der Waals surface area (Å²) in [5.41, 5.74) is 1.90. The summed E-state index contributed by atoms with van der Waals surface area (Å²) < 4.78 is 0. The van der Waals surface area contributed by atoms with Gasteiger partial charge in [0.05, 0.1) is 18.7 Å². The third-order valence-corrected chi connectivity index (χ3v) is 3.89. The molecule has 1 aromatic carbocycles. The second-order valence-corrected chi connectivity index (χ2v) is 6.49. The molecule has 1 fully saturated rings. The highest BCUT2D eigenvalue weighted by Gasteiger charge is 2.42. The number of rotatable bonds is 5. The molecule has 1 aliphatic rings. The van der Waals surface area contributed by atoms with Gasteiger partial charge in [-0.05, 0) is 23.6 Å². The van der Waals surface area contributed by atoms with Gasteiger partial charge in [-0.2, -0.15) is 0 Å². The summed E-state index contributed by atoms with van der Waals surface area (Å²) >= 11 is 0. The first kappa shape index (κ1) is 15.7. The Morgan fingerprint density at radius 3 is 2.29 bits per heavy atom. The molecule has 1 aromatic rings. The number of anilines is 1. The van der Waals surface area contributed by atoms with Gasteiger partial charge in [0.1, 0.15) is 0 Å². The molecule has 2 rings (SSSR count). The molecule has 1 saturated heterocycles. The molecule has 0 spiro atoms. The van der Waals surface area contributed by atoms with Crippen LogP contribution in [-0.4, -0.2) is 24.4 Å². The first-order valence-corrected chi connectivity index (χ1v) is 7.70. The maximum absolute atomic E-state index is 12.4. The molecule has 1 heterocycles. The molecule has 2 amide bonds. The summed E-state index contributed by atoms with van der Waals surface area (Å²) in [6.45, 7) is 9.33. The van der Waals surface area contributed by atoms with Crippen LogP contribution in [0.4, 0.5) is 5.69 Å². The highest BCUT2D eigenvalue weighted by Crippen LogP contribution is 2.24. The molecule has 0 unspecified atom stereocenters. The molecule has 4 nitrogen and oxygen atoms in total. The summed E-state index contributed by atoms with van der Waals surface area (Å²) in [6, 6.07) is 7.47. The minimum Gasteiger partial charge on any atom is -0.335 e. The first-order valence-electron chi connectivity index (χ1n) is 7.70. The molecule has 114 valence electrons. The van der Waals surface area contributed by atoms with E-state index in [1.165, 1.54) is 10.5 Å². The molecule has 0 aromatic heterocycles. The molecule has 1 atom stereocenters. The lowest BCUT2D eigenvalue weighted by Crippen LogP contribution is -2.92. The van der Waals surface area contributed by atoms with E-state index in [9.17, 15) is 9.59 Å². The van der Waals surface area contributed by atoms with Crippen LogP contribution in [0.15, 0.2) is 24.3 Å². The van der Waals surface area contributed by atoms with Crippen molar-refractivity contribution >= 4 is 17.5 Å². The van der Waals surface area contributed by atoms with Crippen molar-refractivity contribution in [2.75, 3.05) is 11.4 Å². The molecule has 4 heteroatoms. The summed E-state index contributed by atoms with van der Waals surface area (Å²) in [5, 5.41) is 1.99. The van der Waals surface area contributed by atoms with E-state index in [0.29, 0.717) is 23.9 Å². The molecule has 2 N–H and O–H groups in total. The largest absolute Gasteiger partial charge is 0.335 e. The van der Waals surface area contributed by atoms with E-state index in [1.807, 2.05) is 29.6 Å². The third kappa shape index (κ3) is 3.50. The van der Waals surface area contributed by atoms with Crippen LogP contribution in [0.1, 0.15) is 45.6 Å². The van der Waals surface area contributed by atoms with Crippen LogP contribution in [-0.2, 0) is 9.59 Å². The van der Waals surface area contributed by atoms with E-state index in [1.54, 1.807) is 0 Å². The van der Waals surface area contributed by atoms with Gasteiger partial charge in [0, 0.05) is 5.92 Å². The van der Waals surface area contributed by atoms with Crippen molar-refractivity contribution in [2.45, 2.75) is 46.1 Å². The predicted molar refractivity (Wildman–Crippen MR) is 83.1 cm³/mol. The van der Waals surface area contributed by atoms with Gasteiger partial charge in [0.25, 0.3) is 5.91 Å². The molecular weight excluding hydrogens is 264 g/mol. The Balaban J connectivity index is 2.12. The Labute approximate surface area is 126 Å². The zero-order chi connectivity index (χ0) is 15.6. The van der Waals surface area contributed by atoms with Crippen molar-refractivity contribution in [3.8, 4) is 0 Å². The van der Waals surface area contributed by atoms with Gasteiger partial charge in [-0.3, -0.25) is 9.59 Å². The first-order chi connectivity index (χ1) is 9.90. The number of hydrogen-bond acceptors (Lipinski definition) is 2. The van der Waals surface area contributed by atoms with Crippen LogP contribution in [0.5, 0.6) is 0 Å². The molecule has 0 saturated carbocycles. The smallest absolute Gasteiger partial charge is 0.292 e. The van der Waals surface area contributed by atoms with Crippen LogP contribution in [0, 0.1) is 5.92 Å². The Morgan fingerprint density at radius 2 is 1.76 bits per heavy atom. The number of benzene rings is 1. The van der Waals surface area contributed by atoms with Crippen LogP contribution < -0.4 is 10.2 Å². The molecule has 21 heavy (non-hydrogen) atoms. The number of amides is 2. The monoisotopic (exact) mass is 289 g/mol. The number of nitrogens with zero attached hydrogens (tertiary/aromatic N) is 1. The van der Waals surface area contributed by atoms with Crippen molar-refractivity contribution in [2.24, 2.45) is 5.92 Å². The second kappa shape index (κ2) is 6.39. The molecule has 0 radical (unpaired) electrons. The predicted octanol–water partition coefficient (Wildman–Crippen LogP) is 1.66. The van der Waals surface area contributed by atoms with Crippen LogP contribution in [0.25, 0.3) is 0 Å². The summed E-state index contributed by atoms with van der Waals surface area (Å²) in [7, 11) is 0. The number of quaternary nitrogens is 1. The lowest BCUT2D eigenvalue weighted by Gasteiger charge is -2.15. The maximum Gasteiger partial charge on any atom is 0.292 e. The van der Waals surface area contributed by atoms with E-state index >= 15 is 0 Å². The average molecular weight is 289 g/mol. The lowest BCUT2D eigenvalue weighted by molar-refractivity contribution is -0.679. The van der Waals surface area contributed by atoms with Crippen LogP contribution in [0.2, 0.25) is 0 Å². The molecular formula is C17H25N2O2+. The minimum absolute atomic E-state index is 0.0852. The standard InChI is InChI=1S/C17H24N2O2/c1-11(2)10-18-15-9-16(20)19(17(15)21)14-7-5-13(6-8-14)12(3)4/h5-8,11-12,15,18H,9-10H2,1-4H3/p+1/t15-/m1/s1. The fraction of sp³-hybridized carbons (Fsp3) is 0.529. The highest BCUT2D eigenvalue weighted by molar-refractivity contribution is 6.21. The quantitative estimate of drug-likeness (QED) is 0.838. The van der Waals surface area contributed by atoms with Crippen LogP contribution >= 0.6 is 0 Å². The van der Waals surface area contributed by atoms with E-state index in [2.05, 4.69) is 27.7 Å². The zero-order valence-electron chi connectivity index (χ0n) is 13.3. The maximum atomic E-state index is 12.4. The zero-order valence-corrected chi connectivity index (χ0v) is 13.3. The van der Waals surface area contributed by atoms with Gasteiger partial charge >= 0.3 is 0 Å². The van der Waals surface area contributed by atoms with Crippen LogP contribution in [0.3, 0.4) is 0 Å². The minimum atomic E-state index is -0.260. The SMILES string of the molecule is CC(C)C[NH2+][C@@H]1CC(=O)N(c2ccc(C(C)C)cc2)C1=O. The summed E-state index contributed by atoms with van der Waals surface area (Å²) in [6.07, 6.45) is 0.303. The number of carbonyl (C=O) groups excluding carboxylic acids is 2. The Bertz CT molecular complexity index is 520. The van der Waals surface area contributed by atoms with Crippen molar-refractivity contribution < 1.29 is 14.9 Å². The van der Waals surface area contributed by atoms with Crippen molar-refractivity contribution in [3.05, 3.63) is 29.8 Å². The number of nitrogens with two attached hydrogens (primary N) is 1. The average Bonchev–Trinajstić information content (AvgIpc) is 2.71. The third-order valence-electron chi connectivity index (χ3n) is 3.89. The van der Waals surface area contributed by atoms with Crippen molar-refractivity contribution in [1.29, 1.82) is 0 Å². The van der Waals surface area contributed by atoms with Gasteiger partial charge < -0.3 is 5.32 Å². The van der Waals surface area contributed by atoms with Gasteiger partial charge in [-0.25, -0.2) is 4.90 Å². The van der Waals surface area contributed by atoms with E-state index in [0.717, 1.165) is 6.54 Å². The lowest BCUT2D eigenvalue weighted by atomic mass is 10.0. The topological polar surface area (TPSA) is 54.0 Å². The Hall–Kier alpha value is -1.68. The molecule has 0 aliphatic carbocycles. The van der Waals surface area contributed by atoms with Gasteiger partial charge in [0.15, 0.2) is 6.04 Å². The molecule has 1 aliphatic heterocycles. The van der Waals surface area contributed by atoms with Gasteiger partial charge in [0.2, 0.25) is 5.91 Å². The summed E-state index contributed by atoms with van der Waals surface area (Å²) in [5.74, 6) is 0.767.